The number of hydrogen-bond donors (Lipinski definition) is 1. The summed E-state index contributed by atoms with van der Waals surface area (Å²) in [5.74, 6) is 0. The Morgan fingerprint density at radius 1 is 1.29 bits per heavy atom. The summed E-state index contributed by atoms with van der Waals surface area (Å²) < 4.78 is 0. The van der Waals surface area contributed by atoms with Crippen LogP contribution < -0.4 is 5.56 Å². The average Bonchev–Trinajstić information content (AvgIpc) is 2.38. The number of fused-ring (bicyclic) bond motifs is 3. The van der Waals surface area contributed by atoms with Crippen molar-refractivity contribution >= 4 is 33.7 Å². The Hall–Kier alpha value is -1.95. The van der Waals surface area contributed by atoms with E-state index >= 15 is 0 Å². The first-order valence-electron chi connectivity index (χ1n) is 4.97. The predicted molar refractivity (Wildman–Crippen MR) is 67.2 cm³/mol. The Bertz CT molecular complexity index is 768. The zero-order valence-corrected chi connectivity index (χ0v) is 9.78. The van der Waals surface area contributed by atoms with E-state index < -0.39 is 0 Å². The lowest BCUT2D eigenvalue weighted by Crippen LogP contribution is -2.08. The Labute approximate surface area is 100 Å². The highest BCUT2D eigenvalue weighted by molar-refractivity contribution is 7.98. The Kier molecular flexibility index (Phi) is 2.29. The maximum absolute atomic E-state index is 11.8. The molecule has 6 heteroatoms. The van der Waals surface area contributed by atoms with Crippen LogP contribution in [0.25, 0.3) is 21.9 Å². The van der Waals surface area contributed by atoms with Crippen molar-refractivity contribution in [1.82, 2.24) is 19.9 Å². The minimum Gasteiger partial charge on any atom is -0.306 e. The molecule has 0 aliphatic heterocycles. The Morgan fingerprint density at radius 3 is 3.00 bits per heavy atom. The van der Waals surface area contributed by atoms with Gasteiger partial charge in [0.15, 0.2) is 5.16 Å². The second-order valence-corrected chi connectivity index (χ2v) is 4.25. The van der Waals surface area contributed by atoms with Crippen LogP contribution in [0, 0.1) is 0 Å². The van der Waals surface area contributed by atoms with E-state index in [-0.39, 0.29) is 5.56 Å². The van der Waals surface area contributed by atoms with Crippen molar-refractivity contribution in [2.45, 2.75) is 5.16 Å². The van der Waals surface area contributed by atoms with E-state index in [1.54, 1.807) is 12.4 Å². The summed E-state index contributed by atoms with van der Waals surface area (Å²) in [6, 6.07) is 3.71. The highest BCUT2D eigenvalue weighted by Crippen LogP contribution is 2.19. The molecule has 84 valence electrons. The molecule has 0 amide bonds. The minimum atomic E-state index is -0.209. The number of rotatable bonds is 1. The van der Waals surface area contributed by atoms with E-state index in [1.165, 1.54) is 11.8 Å². The fraction of sp³-hybridized carbons (Fsp3) is 0.0909. The van der Waals surface area contributed by atoms with Gasteiger partial charge in [-0.25, -0.2) is 15.0 Å². The summed E-state index contributed by atoms with van der Waals surface area (Å²) in [4.78, 5) is 27.1. The molecule has 3 aromatic rings. The van der Waals surface area contributed by atoms with Gasteiger partial charge in [0, 0.05) is 17.8 Å². The third-order valence-corrected chi connectivity index (χ3v) is 3.05. The van der Waals surface area contributed by atoms with Crippen molar-refractivity contribution in [3.8, 4) is 0 Å². The Balaban J connectivity index is 2.57. The van der Waals surface area contributed by atoms with Gasteiger partial charge in [0.25, 0.3) is 5.56 Å². The summed E-state index contributed by atoms with van der Waals surface area (Å²) >= 11 is 1.44. The van der Waals surface area contributed by atoms with E-state index in [0.717, 1.165) is 5.39 Å². The first-order chi connectivity index (χ1) is 8.29. The van der Waals surface area contributed by atoms with E-state index in [0.29, 0.717) is 21.7 Å². The van der Waals surface area contributed by atoms with E-state index in [1.807, 2.05) is 18.4 Å². The van der Waals surface area contributed by atoms with Gasteiger partial charge in [0.1, 0.15) is 5.65 Å². The molecule has 17 heavy (non-hydrogen) atoms. The quantitative estimate of drug-likeness (QED) is 0.400. The van der Waals surface area contributed by atoms with Crippen molar-refractivity contribution in [2.75, 3.05) is 6.26 Å². The SMILES string of the molecule is CSc1ncc2c(=O)[nH]c3ncccc3c2n1. The van der Waals surface area contributed by atoms with Crippen LogP contribution in [0.4, 0.5) is 0 Å². The number of nitrogens with zero attached hydrogens (tertiary/aromatic N) is 3. The molecule has 0 aromatic carbocycles. The van der Waals surface area contributed by atoms with Crippen LogP contribution in [0.3, 0.4) is 0 Å². The van der Waals surface area contributed by atoms with Crippen LogP contribution in [0.1, 0.15) is 0 Å². The molecule has 0 saturated heterocycles. The van der Waals surface area contributed by atoms with Crippen molar-refractivity contribution in [3.05, 3.63) is 34.9 Å². The largest absolute Gasteiger partial charge is 0.306 e. The molecule has 0 aliphatic rings. The van der Waals surface area contributed by atoms with Gasteiger partial charge < -0.3 is 4.98 Å². The maximum atomic E-state index is 11.8. The first kappa shape index (κ1) is 10.2. The zero-order valence-electron chi connectivity index (χ0n) is 8.97. The second kappa shape index (κ2) is 3.81. The summed E-state index contributed by atoms with van der Waals surface area (Å²) in [6.07, 6.45) is 5.09. The molecular weight excluding hydrogens is 236 g/mol. The highest BCUT2D eigenvalue weighted by atomic mass is 32.2. The molecule has 0 spiro atoms. The molecule has 3 heterocycles. The second-order valence-electron chi connectivity index (χ2n) is 3.47. The molecule has 0 radical (unpaired) electrons. The van der Waals surface area contributed by atoms with Gasteiger partial charge in [0.05, 0.1) is 10.9 Å². The number of aromatic nitrogens is 4. The highest BCUT2D eigenvalue weighted by Gasteiger charge is 2.08. The number of hydrogen-bond acceptors (Lipinski definition) is 5. The van der Waals surface area contributed by atoms with Crippen LogP contribution in [0.2, 0.25) is 0 Å². The molecule has 0 atom stereocenters. The summed E-state index contributed by atoms with van der Waals surface area (Å²) in [6.45, 7) is 0. The van der Waals surface area contributed by atoms with Crippen molar-refractivity contribution in [2.24, 2.45) is 0 Å². The molecular formula is C11H8N4OS. The molecule has 0 bridgehead atoms. The lowest BCUT2D eigenvalue weighted by Gasteiger charge is -2.02. The lowest BCUT2D eigenvalue weighted by molar-refractivity contribution is 1.00. The number of aromatic amines is 1. The fourth-order valence-electron chi connectivity index (χ4n) is 1.71. The van der Waals surface area contributed by atoms with Crippen molar-refractivity contribution in [3.63, 3.8) is 0 Å². The normalized spacial score (nSPS) is 11.1. The number of pyridine rings is 2. The summed E-state index contributed by atoms with van der Waals surface area (Å²) in [5.41, 5.74) is 0.991. The molecule has 0 saturated carbocycles. The average molecular weight is 244 g/mol. The smallest absolute Gasteiger partial charge is 0.260 e. The predicted octanol–water partition coefficient (Wildman–Crippen LogP) is 1.59. The van der Waals surface area contributed by atoms with E-state index in [2.05, 4.69) is 19.9 Å². The molecule has 0 fully saturated rings. The van der Waals surface area contributed by atoms with Gasteiger partial charge in [0.2, 0.25) is 0 Å². The minimum absolute atomic E-state index is 0.209. The van der Waals surface area contributed by atoms with Gasteiger partial charge in [-0.15, -0.1) is 0 Å². The van der Waals surface area contributed by atoms with E-state index in [4.69, 9.17) is 0 Å². The number of H-pyrrole nitrogens is 1. The first-order valence-corrected chi connectivity index (χ1v) is 6.20. The fourth-order valence-corrected chi connectivity index (χ4v) is 2.05. The van der Waals surface area contributed by atoms with Gasteiger partial charge in [-0.1, -0.05) is 11.8 Å². The van der Waals surface area contributed by atoms with Gasteiger partial charge >= 0.3 is 0 Å². The number of nitrogens with one attached hydrogen (secondary N) is 1. The van der Waals surface area contributed by atoms with Crippen LogP contribution in [0.15, 0.2) is 34.5 Å². The molecule has 1 N–H and O–H groups in total. The molecule has 0 aliphatic carbocycles. The maximum Gasteiger partial charge on any atom is 0.260 e. The molecule has 3 rings (SSSR count). The molecule has 0 unspecified atom stereocenters. The van der Waals surface area contributed by atoms with Crippen LogP contribution in [-0.4, -0.2) is 26.2 Å². The lowest BCUT2D eigenvalue weighted by atomic mass is 10.2. The monoisotopic (exact) mass is 244 g/mol. The van der Waals surface area contributed by atoms with Gasteiger partial charge in [-0.2, -0.15) is 0 Å². The van der Waals surface area contributed by atoms with Crippen LogP contribution in [-0.2, 0) is 0 Å². The summed E-state index contributed by atoms with van der Waals surface area (Å²) in [5, 5.41) is 1.97. The Morgan fingerprint density at radius 2 is 2.18 bits per heavy atom. The van der Waals surface area contributed by atoms with Gasteiger partial charge in [-0.3, -0.25) is 4.79 Å². The third kappa shape index (κ3) is 1.57. The third-order valence-electron chi connectivity index (χ3n) is 2.49. The van der Waals surface area contributed by atoms with Gasteiger partial charge in [-0.05, 0) is 18.4 Å². The van der Waals surface area contributed by atoms with Crippen LogP contribution >= 0.6 is 11.8 Å². The topological polar surface area (TPSA) is 71.5 Å². The van der Waals surface area contributed by atoms with Crippen molar-refractivity contribution < 1.29 is 0 Å². The zero-order chi connectivity index (χ0) is 11.8. The molecule has 5 nitrogen and oxygen atoms in total. The van der Waals surface area contributed by atoms with Crippen molar-refractivity contribution in [1.29, 1.82) is 0 Å². The summed E-state index contributed by atoms with van der Waals surface area (Å²) in [7, 11) is 0. The number of thioether (sulfide) groups is 1. The van der Waals surface area contributed by atoms with Crippen LogP contribution in [0.5, 0.6) is 0 Å². The standard InChI is InChI=1S/C11H8N4OS/c1-17-11-13-5-7-8(14-11)6-3-2-4-12-9(6)15-10(7)16/h2-5H,1H3,(H,12,15,16). The molecule has 3 aromatic heterocycles. The van der Waals surface area contributed by atoms with E-state index in [9.17, 15) is 4.79 Å².